The zero-order valence-electron chi connectivity index (χ0n) is 10.7. The fourth-order valence-electron chi connectivity index (χ4n) is 3.12. The summed E-state index contributed by atoms with van der Waals surface area (Å²) in [6, 6.07) is 2.09. The first kappa shape index (κ1) is 12.7. The summed E-state index contributed by atoms with van der Waals surface area (Å²) in [7, 11) is 0. The highest BCUT2D eigenvalue weighted by Crippen LogP contribution is 2.34. The van der Waals surface area contributed by atoms with Crippen LogP contribution in [0, 0.1) is 11.8 Å². The third-order valence-electron chi connectivity index (χ3n) is 4.25. The monoisotopic (exact) mass is 279 g/mol. The van der Waals surface area contributed by atoms with Crippen molar-refractivity contribution in [2.75, 3.05) is 6.54 Å². The number of aliphatic carboxylic acids is 1. The molecule has 1 fully saturated rings. The molecule has 2 atom stereocenters. The molecule has 2 aliphatic rings. The summed E-state index contributed by atoms with van der Waals surface area (Å²) in [5, 5.41) is 11.1. The minimum atomic E-state index is -0.755. The summed E-state index contributed by atoms with van der Waals surface area (Å²) in [4.78, 5) is 26.7. The van der Waals surface area contributed by atoms with Gasteiger partial charge >= 0.3 is 5.97 Å². The van der Waals surface area contributed by atoms with Crippen molar-refractivity contribution < 1.29 is 14.7 Å². The number of carbonyl (C=O) groups excluding carboxylic acids is 1. The van der Waals surface area contributed by atoms with Gasteiger partial charge in [0, 0.05) is 23.9 Å². The molecular weight excluding hydrogens is 262 g/mol. The third kappa shape index (κ3) is 2.39. The zero-order chi connectivity index (χ0) is 13.4. The Morgan fingerprint density at radius 1 is 1.32 bits per heavy atom. The van der Waals surface area contributed by atoms with E-state index in [1.807, 2.05) is 4.90 Å². The molecule has 102 valence electrons. The molecule has 0 spiro atoms. The number of thiophene rings is 1. The Bertz CT molecular complexity index is 511. The number of fused-ring (bicyclic) bond motifs is 1. The van der Waals surface area contributed by atoms with Crippen LogP contribution >= 0.6 is 11.3 Å². The predicted molar refractivity (Wildman–Crippen MR) is 71.9 cm³/mol. The maximum Gasteiger partial charge on any atom is 0.306 e. The van der Waals surface area contributed by atoms with E-state index in [9.17, 15) is 9.59 Å². The smallest absolute Gasteiger partial charge is 0.306 e. The van der Waals surface area contributed by atoms with Crippen LogP contribution in [-0.2, 0) is 22.6 Å². The molecule has 0 bridgehead atoms. The molecule has 1 saturated carbocycles. The molecule has 1 aromatic rings. The standard InChI is InChI=1S/C14H17NO3S/c16-13(9-1-2-10(7-9)14(17)18)15-5-3-12-11(8-15)4-6-19-12/h4,6,9-10H,1-3,5,7-8H2,(H,17,18). The zero-order valence-corrected chi connectivity index (χ0v) is 11.5. The number of carboxylic acid groups (broad SMARTS) is 1. The van der Waals surface area contributed by atoms with E-state index in [0.717, 1.165) is 19.4 Å². The van der Waals surface area contributed by atoms with Crippen LogP contribution in [0.4, 0.5) is 0 Å². The Hall–Kier alpha value is -1.36. The maximum absolute atomic E-state index is 12.4. The molecule has 2 unspecified atom stereocenters. The van der Waals surface area contributed by atoms with E-state index in [-0.39, 0.29) is 17.7 Å². The Labute approximate surface area is 116 Å². The normalized spacial score (nSPS) is 26.2. The molecule has 3 rings (SSSR count). The molecule has 1 aromatic heterocycles. The van der Waals surface area contributed by atoms with Gasteiger partial charge in [0.2, 0.25) is 5.91 Å². The molecule has 2 heterocycles. The highest BCUT2D eigenvalue weighted by molar-refractivity contribution is 7.10. The van der Waals surface area contributed by atoms with E-state index >= 15 is 0 Å². The average molecular weight is 279 g/mol. The minimum Gasteiger partial charge on any atom is -0.481 e. The van der Waals surface area contributed by atoms with Gasteiger partial charge in [-0.2, -0.15) is 0 Å². The van der Waals surface area contributed by atoms with E-state index < -0.39 is 5.97 Å². The number of carbonyl (C=O) groups is 2. The Kier molecular flexibility index (Phi) is 3.31. The van der Waals surface area contributed by atoms with Crippen LogP contribution in [0.1, 0.15) is 29.7 Å². The molecule has 0 radical (unpaired) electrons. The van der Waals surface area contributed by atoms with Gasteiger partial charge < -0.3 is 10.0 Å². The van der Waals surface area contributed by atoms with Crippen LogP contribution < -0.4 is 0 Å². The topological polar surface area (TPSA) is 57.6 Å². The summed E-state index contributed by atoms with van der Waals surface area (Å²) < 4.78 is 0. The van der Waals surface area contributed by atoms with Gasteiger partial charge in [0.05, 0.1) is 5.92 Å². The Morgan fingerprint density at radius 2 is 2.11 bits per heavy atom. The second-order valence-corrected chi connectivity index (χ2v) is 6.42. The van der Waals surface area contributed by atoms with E-state index in [2.05, 4.69) is 11.4 Å². The first-order chi connectivity index (χ1) is 9.15. The van der Waals surface area contributed by atoms with Gasteiger partial charge in [0.15, 0.2) is 0 Å². The van der Waals surface area contributed by atoms with Crippen LogP contribution in [0.25, 0.3) is 0 Å². The van der Waals surface area contributed by atoms with Crippen molar-refractivity contribution in [3.8, 4) is 0 Å². The lowest BCUT2D eigenvalue weighted by Gasteiger charge is -2.29. The van der Waals surface area contributed by atoms with Crippen molar-refractivity contribution in [1.82, 2.24) is 4.90 Å². The van der Waals surface area contributed by atoms with Crippen molar-refractivity contribution in [2.24, 2.45) is 11.8 Å². The number of nitrogens with zero attached hydrogens (tertiary/aromatic N) is 1. The molecule has 4 nitrogen and oxygen atoms in total. The molecule has 0 aromatic carbocycles. The van der Waals surface area contributed by atoms with Gasteiger partial charge in [-0.25, -0.2) is 0 Å². The van der Waals surface area contributed by atoms with Crippen LogP contribution in [0.2, 0.25) is 0 Å². The lowest BCUT2D eigenvalue weighted by Crippen LogP contribution is -2.38. The summed E-state index contributed by atoms with van der Waals surface area (Å²) >= 11 is 1.76. The first-order valence-electron chi connectivity index (χ1n) is 6.72. The number of carboxylic acids is 1. The molecule has 1 aliphatic heterocycles. The number of rotatable bonds is 2. The predicted octanol–water partition coefficient (Wildman–Crippen LogP) is 2.13. The van der Waals surface area contributed by atoms with Gasteiger partial charge in [0.1, 0.15) is 0 Å². The molecule has 5 heteroatoms. The van der Waals surface area contributed by atoms with Crippen molar-refractivity contribution >= 4 is 23.2 Å². The number of hydrogen-bond acceptors (Lipinski definition) is 3. The molecule has 19 heavy (non-hydrogen) atoms. The fraction of sp³-hybridized carbons (Fsp3) is 0.571. The maximum atomic E-state index is 12.4. The Morgan fingerprint density at radius 3 is 2.84 bits per heavy atom. The van der Waals surface area contributed by atoms with Gasteiger partial charge in [-0.15, -0.1) is 11.3 Å². The molecular formula is C14H17NO3S. The largest absolute Gasteiger partial charge is 0.481 e. The lowest BCUT2D eigenvalue weighted by atomic mass is 10.0. The summed E-state index contributed by atoms with van der Waals surface area (Å²) in [5.74, 6) is -1.01. The van der Waals surface area contributed by atoms with Crippen LogP contribution in [-0.4, -0.2) is 28.4 Å². The Balaban J connectivity index is 1.65. The third-order valence-corrected chi connectivity index (χ3v) is 5.27. The van der Waals surface area contributed by atoms with E-state index in [0.29, 0.717) is 19.4 Å². The molecule has 1 amide bonds. The van der Waals surface area contributed by atoms with Crippen molar-refractivity contribution in [1.29, 1.82) is 0 Å². The van der Waals surface area contributed by atoms with Crippen LogP contribution in [0.3, 0.4) is 0 Å². The summed E-state index contributed by atoms with van der Waals surface area (Å²) in [6.45, 7) is 1.48. The van der Waals surface area contributed by atoms with Gasteiger partial charge in [-0.3, -0.25) is 9.59 Å². The lowest BCUT2D eigenvalue weighted by molar-refractivity contribution is -0.141. The highest BCUT2D eigenvalue weighted by Gasteiger charge is 2.36. The second-order valence-electron chi connectivity index (χ2n) is 5.42. The fourth-order valence-corrected chi connectivity index (χ4v) is 4.01. The van der Waals surface area contributed by atoms with E-state index in [4.69, 9.17) is 5.11 Å². The first-order valence-corrected chi connectivity index (χ1v) is 7.60. The molecule has 1 N–H and O–H groups in total. The van der Waals surface area contributed by atoms with Crippen LogP contribution in [0.5, 0.6) is 0 Å². The summed E-state index contributed by atoms with van der Waals surface area (Å²) in [6.07, 6.45) is 2.82. The molecule has 1 aliphatic carbocycles. The van der Waals surface area contributed by atoms with Gasteiger partial charge in [0.25, 0.3) is 0 Å². The van der Waals surface area contributed by atoms with Gasteiger partial charge in [-0.05, 0) is 42.7 Å². The van der Waals surface area contributed by atoms with Crippen LogP contribution in [0.15, 0.2) is 11.4 Å². The highest BCUT2D eigenvalue weighted by atomic mass is 32.1. The van der Waals surface area contributed by atoms with E-state index in [1.165, 1.54) is 10.4 Å². The average Bonchev–Trinajstić information content (AvgIpc) is 3.06. The van der Waals surface area contributed by atoms with Crippen molar-refractivity contribution in [2.45, 2.75) is 32.2 Å². The number of hydrogen-bond donors (Lipinski definition) is 1. The number of amides is 1. The quantitative estimate of drug-likeness (QED) is 0.902. The van der Waals surface area contributed by atoms with Gasteiger partial charge in [-0.1, -0.05) is 0 Å². The van der Waals surface area contributed by atoms with E-state index in [1.54, 1.807) is 11.3 Å². The SMILES string of the molecule is O=C(O)C1CCC(C(=O)N2CCc3sccc3C2)C1. The minimum absolute atomic E-state index is 0.0821. The molecule has 0 saturated heterocycles. The van der Waals surface area contributed by atoms with Crippen molar-refractivity contribution in [3.63, 3.8) is 0 Å². The van der Waals surface area contributed by atoms with Crippen molar-refractivity contribution in [3.05, 3.63) is 21.9 Å². The second kappa shape index (κ2) is 4.96. The summed E-state index contributed by atoms with van der Waals surface area (Å²) in [5.41, 5.74) is 1.26.